The van der Waals surface area contributed by atoms with Crippen LogP contribution in [0.4, 0.5) is 0 Å². The van der Waals surface area contributed by atoms with Gasteiger partial charge >= 0.3 is 0 Å². The Labute approximate surface area is 169 Å². The fourth-order valence-electron chi connectivity index (χ4n) is 3.41. The van der Waals surface area contributed by atoms with E-state index < -0.39 is 0 Å². The predicted octanol–water partition coefficient (Wildman–Crippen LogP) is 4.65. The number of likely N-dealkylation sites (tertiary alicyclic amines) is 1. The molecule has 2 heterocycles. The Morgan fingerprint density at radius 3 is 2.52 bits per heavy atom. The van der Waals surface area contributed by atoms with Crippen LogP contribution in [0.2, 0.25) is 10.0 Å². The number of aromatic amines is 1. The Hall–Kier alpha value is -1.85. The van der Waals surface area contributed by atoms with Crippen LogP contribution in [0, 0.1) is 11.8 Å². The molecule has 0 saturated carbocycles. The third kappa shape index (κ3) is 4.71. The van der Waals surface area contributed by atoms with E-state index in [-0.39, 0.29) is 17.6 Å². The van der Waals surface area contributed by atoms with Crippen molar-refractivity contribution in [1.82, 2.24) is 15.1 Å². The number of benzene rings is 1. The minimum absolute atomic E-state index is 0.0552. The summed E-state index contributed by atoms with van der Waals surface area (Å²) in [6.45, 7) is 5.34. The highest BCUT2D eigenvalue weighted by Crippen LogP contribution is 2.27. The van der Waals surface area contributed by atoms with Crippen LogP contribution in [0.3, 0.4) is 0 Å². The number of rotatable bonds is 5. The van der Waals surface area contributed by atoms with E-state index >= 15 is 0 Å². The largest absolute Gasteiger partial charge is 0.337 e. The summed E-state index contributed by atoms with van der Waals surface area (Å²) in [5.41, 5.74) is 1.98. The van der Waals surface area contributed by atoms with Crippen LogP contribution in [-0.2, 0) is 6.42 Å². The number of H-pyrrole nitrogens is 1. The third-order valence-corrected chi connectivity index (χ3v) is 5.57. The molecule has 7 heteroatoms. The van der Waals surface area contributed by atoms with E-state index in [2.05, 4.69) is 24.0 Å². The van der Waals surface area contributed by atoms with E-state index in [0.717, 1.165) is 12.1 Å². The summed E-state index contributed by atoms with van der Waals surface area (Å²) in [7, 11) is 0. The lowest BCUT2D eigenvalue weighted by atomic mass is 9.89. The molecule has 1 aliphatic heterocycles. The fraction of sp³-hybridized carbons (Fsp3) is 0.450. The van der Waals surface area contributed by atoms with Crippen LogP contribution in [0.25, 0.3) is 0 Å². The zero-order chi connectivity index (χ0) is 19.6. The molecule has 0 radical (unpaired) electrons. The molecular formula is C20H23Cl2N3O2. The number of ketones is 1. The van der Waals surface area contributed by atoms with Crippen molar-refractivity contribution < 1.29 is 9.59 Å². The van der Waals surface area contributed by atoms with Crippen LogP contribution in [0.5, 0.6) is 0 Å². The van der Waals surface area contributed by atoms with E-state index in [9.17, 15) is 9.59 Å². The second kappa shape index (κ2) is 8.44. The second-order valence-corrected chi connectivity index (χ2v) is 8.25. The highest BCUT2D eigenvalue weighted by atomic mass is 35.5. The molecule has 5 nitrogen and oxygen atoms in total. The van der Waals surface area contributed by atoms with Gasteiger partial charge in [-0.05, 0) is 49.4 Å². The zero-order valence-corrected chi connectivity index (χ0v) is 17.0. The maximum atomic E-state index is 12.7. The van der Waals surface area contributed by atoms with E-state index in [1.165, 1.54) is 0 Å². The summed E-state index contributed by atoms with van der Waals surface area (Å²) in [5.74, 6) is 0.361. The summed E-state index contributed by atoms with van der Waals surface area (Å²) in [5, 5.41) is 7.91. The molecule has 0 aliphatic carbocycles. The molecule has 1 amide bonds. The van der Waals surface area contributed by atoms with Gasteiger partial charge in [0, 0.05) is 30.3 Å². The van der Waals surface area contributed by atoms with Crippen LogP contribution < -0.4 is 0 Å². The van der Waals surface area contributed by atoms with Crippen molar-refractivity contribution in [2.24, 2.45) is 11.8 Å². The topological polar surface area (TPSA) is 66.1 Å². The van der Waals surface area contributed by atoms with Crippen LogP contribution in [0.1, 0.15) is 53.2 Å². The van der Waals surface area contributed by atoms with Gasteiger partial charge in [0.15, 0.2) is 5.78 Å². The minimum atomic E-state index is -0.109. The average Bonchev–Trinajstić information content (AvgIpc) is 3.10. The molecule has 1 aromatic heterocycles. The molecule has 0 spiro atoms. The first-order chi connectivity index (χ1) is 12.8. The van der Waals surface area contributed by atoms with Crippen molar-refractivity contribution in [2.45, 2.75) is 33.1 Å². The van der Waals surface area contributed by atoms with Gasteiger partial charge in [-0.2, -0.15) is 5.10 Å². The Morgan fingerprint density at radius 2 is 1.89 bits per heavy atom. The lowest BCUT2D eigenvalue weighted by Crippen LogP contribution is -2.40. The smallest absolute Gasteiger partial charge is 0.274 e. The fourth-order valence-corrected chi connectivity index (χ4v) is 3.71. The number of Topliss-reactive ketones (excluding diaryl/α,β-unsaturated/α-hetero) is 1. The van der Waals surface area contributed by atoms with E-state index in [0.29, 0.717) is 53.2 Å². The number of halogens is 2. The number of hydrogen-bond acceptors (Lipinski definition) is 3. The number of carbonyl (C=O) groups excluding carboxylic acids is 2. The number of piperidine rings is 1. The van der Waals surface area contributed by atoms with Gasteiger partial charge in [-0.25, -0.2) is 0 Å². The van der Waals surface area contributed by atoms with Crippen molar-refractivity contribution in [3.8, 4) is 0 Å². The van der Waals surface area contributed by atoms with Gasteiger partial charge in [0.1, 0.15) is 5.69 Å². The highest BCUT2D eigenvalue weighted by Gasteiger charge is 2.29. The molecule has 2 aromatic rings. The minimum Gasteiger partial charge on any atom is -0.337 e. The van der Waals surface area contributed by atoms with Gasteiger partial charge in [-0.3, -0.25) is 14.7 Å². The third-order valence-electron chi connectivity index (χ3n) is 4.84. The molecule has 0 atom stereocenters. The first-order valence-electron chi connectivity index (χ1n) is 9.18. The molecule has 144 valence electrons. The van der Waals surface area contributed by atoms with Crippen molar-refractivity contribution in [1.29, 1.82) is 0 Å². The Balaban J connectivity index is 1.59. The number of aromatic nitrogens is 2. The summed E-state index contributed by atoms with van der Waals surface area (Å²) in [4.78, 5) is 27.1. The number of nitrogens with zero attached hydrogens (tertiary/aromatic N) is 2. The Kier molecular flexibility index (Phi) is 6.22. The van der Waals surface area contributed by atoms with Crippen LogP contribution in [0.15, 0.2) is 24.3 Å². The first-order valence-corrected chi connectivity index (χ1v) is 9.93. The molecule has 3 rings (SSSR count). The lowest BCUT2D eigenvalue weighted by Gasteiger charge is -2.30. The molecule has 0 bridgehead atoms. The standard InChI is InChI=1S/C20H23Cl2N3O2/c1-12(2)9-15-11-18(24-23-15)20(27)25-7-5-13(6-8-25)19(26)14-3-4-16(21)17(22)10-14/h3-4,10-13H,5-9H2,1-2H3,(H,23,24). The van der Waals surface area contributed by atoms with E-state index in [4.69, 9.17) is 23.2 Å². The highest BCUT2D eigenvalue weighted by molar-refractivity contribution is 6.42. The number of amides is 1. The van der Waals surface area contributed by atoms with Gasteiger partial charge in [0.2, 0.25) is 0 Å². The maximum absolute atomic E-state index is 12.7. The second-order valence-electron chi connectivity index (χ2n) is 7.44. The molecule has 1 N–H and O–H groups in total. The van der Waals surface area contributed by atoms with Gasteiger partial charge in [0.25, 0.3) is 5.91 Å². The molecule has 1 aromatic carbocycles. The number of nitrogens with one attached hydrogen (secondary N) is 1. The molecule has 27 heavy (non-hydrogen) atoms. The van der Waals surface area contributed by atoms with Crippen LogP contribution >= 0.6 is 23.2 Å². The predicted molar refractivity (Wildman–Crippen MR) is 107 cm³/mol. The van der Waals surface area contributed by atoms with Crippen molar-refractivity contribution in [3.05, 3.63) is 51.3 Å². The average molecular weight is 408 g/mol. The van der Waals surface area contributed by atoms with E-state index in [1.54, 1.807) is 23.1 Å². The number of carbonyl (C=O) groups is 2. The van der Waals surface area contributed by atoms with Gasteiger partial charge in [-0.15, -0.1) is 0 Å². The zero-order valence-electron chi connectivity index (χ0n) is 15.5. The normalized spacial score (nSPS) is 15.4. The van der Waals surface area contributed by atoms with E-state index in [1.807, 2.05) is 6.07 Å². The summed E-state index contributed by atoms with van der Waals surface area (Å²) in [6.07, 6.45) is 2.13. The van der Waals surface area contributed by atoms with Crippen LogP contribution in [-0.4, -0.2) is 39.9 Å². The maximum Gasteiger partial charge on any atom is 0.274 e. The Morgan fingerprint density at radius 1 is 1.19 bits per heavy atom. The van der Waals surface area contributed by atoms with Crippen molar-refractivity contribution in [2.75, 3.05) is 13.1 Å². The molecule has 1 saturated heterocycles. The van der Waals surface area contributed by atoms with Crippen molar-refractivity contribution >= 4 is 34.9 Å². The lowest BCUT2D eigenvalue weighted by molar-refractivity contribution is 0.0645. The quantitative estimate of drug-likeness (QED) is 0.733. The van der Waals surface area contributed by atoms with Crippen molar-refractivity contribution in [3.63, 3.8) is 0 Å². The molecule has 1 aliphatic rings. The summed E-state index contributed by atoms with van der Waals surface area (Å²) in [6, 6.07) is 6.79. The summed E-state index contributed by atoms with van der Waals surface area (Å²) >= 11 is 11.9. The molecular weight excluding hydrogens is 385 g/mol. The monoisotopic (exact) mass is 407 g/mol. The van der Waals surface area contributed by atoms with Gasteiger partial charge < -0.3 is 4.90 Å². The molecule has 0 unspecified atom stereocenters. The van der Waals surface area contributed by atoms with Gasteiger partial charge in [0.05, 0.1) is 10.0 Å². The SMILES string of the molecule is CC(C)Cc1cc(C(=O)N2CCC(C(=O)c3ccc(Cl)c(Cl)c3)CC2)n[nH]1. The summed E-state index contributed by atoms with van der Waals surface area (Å²) < 4.78 is 0. The first kappa shape index (κ1) is 19.9. The molecule has 1 fully saturated rings. The van der Waals surface area contributed by atoms with Gasteiger partial charge in [-0.1, -0.05) is 37.0 Å². The number of hydrogen-bond donors (Lipinski definition) is 1. The Bertz CT molecular complexity index is 840.